The monoisotopic (exact) mass is 514 g/mol. The van der Waals surface area contributed by atoms with E-state index in [2.05, 4.69) is 28.6 Å². The van der Waals surface area contributed by atoms with Gasteiger partial charge in [-0.2, -0.15) is 24.4 Å². The predicted octanol–water partition coefficient (Wildman–Crippen LogP) is -0.747. The fourth-order valence-electron chi connectivity index (χ4n) is 2.84. The quantitative estimate of drug-likeness (QED) is 0.148. The number of rotatable bonds is 15. The van der Waals surface area contributed by atoms with Crippen molar-refractivity contribution in [3.05, 3.63) is 35.9 Å². The van der Waals surface area contributed by atoms with E-state index in [1.54, 1.807) is 36.6 Å². The van der Waals surface area contributed by atoms with Gasteiger partial charge in [0.2, 0.25) is 17.7 Å². The molecule has 0 aromatic heterocycles. The minimum atomic E-state index is -1.56. The number of carbonyl (C=O) groups is 5. The van der Waals surface area contributed by atoms with E-state index >= 15 is 0 Å². The summed E-state index contributed by atoms with van der Waals surface area (Å²) in [5.41, 5.74) is 6.28. The van der Waals surface area contributed by atoms with Crippen molar-refractivity contribution in [1.29, 1.82) is 0 Å². The molecule has 1 rings (SSSR count). The van der Waals surface area contributed by atoms with Crippen LogP contribution in [0.2, 0.25) is 0 Å². The Bertz CT molecular complexity index is 857. The van der Waals surface area contributed by atoms with E-state index in [0.29, 0.717) is 11.3 Å². The maximum absolute atomic E-state index is 12.8. The third-order valence-electron chi connectivity index (χ3n) is 4.69. The van der Waals surface area contributed by atoms with Gasteiger partial charge in [-0.05, 0) is 24.0 Å². The molecule has 0 aliphatic heterocycles. The van der Waals surface area contributed by atoms with Crippen LogP contribution in [-0.2, 0) is 30.4 Å². The summed E-state index contributed by atoms with van der Waals surface area (Å²) >= 11 is 5.37. The van der Waals surface area contributed by atoms with Gasteiger partial charge >= 0.3 is 11.9 Å². The molecule has 0 spiro atoms. The molecule has 0 fully saturated rings. The van der Waals surface area contributed by atoms with E-state index in [4.69, 9.17) is 5.73 Å². The third kappa shape index (κ3) is 10.4. The fourth-order valence-corrected chi connectivity index (χ4v) is 3.48. The number of benzene rings is 1. The van der Waals surface area contributed by atoms with E-state index in [9.17, 15) is 34.2 Å². The van der Waals surface area contributed by atoms with E-state index in [0.717, 1.165) is 0 Å². The van der Waals surface area contributed by atoms with E-state index in [1.165, 1.54) is 11.8 Å². The van der Waals surface area contributed by atoms with Gasteiger partial charge in [0.15, 0.2) is 0 Å². The lowest BCUT2D eigenvalue weighted by Gasteiger charge is -2.24. The molecule has 13 heteroatoms. The Balaban J connectivity index is 2.98. The van der Waals surface area contributed by atoms with Crippen LogP contribution in [0.5, 0.6) is 0 Å². The normalized spacial score (nSPS) is 14.2. The van der Waals surface area contributed by atoms with Crippen molar-refractivity contribution in [2.75, 3.05) is 17.8 Å². The van der Waals surface area contributed by atoms with Crippen LogP contribution in [0.3, 0.4) is 0 Å². The number of carbonyl (C=O) groups excluding carboxylic acids is 3. The Morgan fingerprint density at radius 2 is 1.50 bits per heavy atom. The molecule has 188 valence electrons. The summed E-state index contributed by atoms with van der Waals surface area (Å²) in [6.45, 7) is 0. The van der Waals surface area contributed by atoms with Gasteiger partial charge in [-0.3, -0.25) is 19.2 Å². The summed E-state index contributed by atoms with van der Waals surface area (Å²) in [6.07, 6.45) is 1.18. The molecule has 34 heavy (non-hydrogen) atoms. The van der Waals surface area contributed by atoms with Crippen molar-refractivity contribution in [2.45, 2.75) is 43.4 Å². The zero-order valence-electron chi connectivity index (χ0n) is 18.6. The van der Waals surface area contributed by atoms with Crippen molar-refractivity contribution < 1.29 is 34.2 Å². The summed E-state index contributed by atoms with van der Waals surface area (Å²) in [4.78, 5) is 60.7. The Kier molecular flexibility index (Phi) is 13.1. The molecule has 0 saturated carbocycles. The average Bonchev–Trinajstić information content (AvgIpc) is 2.80. The highest BCUT2D eigenvalue weighted by atomic mass is 32.2. The van der Waals surface area contributed by atoms with Gasteiger partial charge in [-0.25, -0.2) is 4.79 Å². The van der Waals surface area contributed by atoms with Gasteiger partial charge in [-0.15, -0.1) is 0 Å². The maximum Gasteiger partial charge on any atom is 0.326 e. The molecule has 4 atom stereocenters. The first kappa shape index (κ1) is 29.3. The van der Waals surface area contributed by atoms with Gasteiger partial charge in [0.1, 0.15) is 18.1 Å². The second kappa shape index (κ2) is 15.2. The summed E-state index contributed by atoms with van der Waals surface area (Å²) in [5.74, 6) is -4.54. The Labute approximate surface area is 207 Å². The summed E-state index contributed by atoms with van der Waals surface area (Å²) < 4.78 is 0. The third-order valence-corrected chi connectivity index (χ3v) is 5.72. The zero-order valence-corrected chi connectivity index (χ0v) is 20.3. The number of aliphatic carboxylic acids is 2. The molecule has 7 N–H and O–H groups in total. The fraction of sp³-hybridized carbons (Fsp3) is 0.476. The van der Waals surface area contributed by atoms with Gasteiger partial charge in [0, 0.05) is 12.2 Å². The molecule has 3 amide bonds. The summed E-state index contributed by atoms with van der Waals surface area (Å²) in [5, 5.41) is 25.8. The molecule has 0 aliphatic carbocycles. The van der Waals surface area contributed by atoms with Crippen LogP contribution in [0.15, 0.2) is 30.3 Å². The molecule has 1 aromatic carbocycles. The first-order chi connectivity index (χ1) is 16.1. The molecule has 0 bridgehead atoms. The largest absolute Gasteiger partial charge is 0.481 e. The highest BCUT2D eigenvalue weighted by Gasteiger charge is 2.31. The Hall–Kier alpha value is -2.77. The molecular weight excluding hydrogens is 484 g/mol. The molecule has 0 aliphatic rings. The number of carboxylic acid groups (broad SMARTS) is 2. The topological polar surface area (TPSA) is 188 Å². The summed E-state index contributed by atoms with van der Waals surface area (Å²) in [7, 11) is 0. The van der Waals surface area contributed by atoms with Crippen LogP contribution < -0.4 is 21.7 Å². The lowest BCUT2D eigenvalue weighted by atomic mass is 10.0. The number of nitrogens with two attached hydrogens (primary N) is 1. The number of nitrogens with one attached hydrogen (secondary N) is 3. The lowest BCUT2D eigenvalue weighted by molar-refractivity contribution is -0.143. The second-order valence-corrected chi connectivity index (χ2v) is 8.73. The van der Waals surface area contributed by atoms with E-state index < -0.39 is 60.2 Å². The SMILES string of the molecule is CSCCC(NC(=O)C(N)CS)C(=O)NC(CC(=O)O)C(=O)NC(Cc1ccccc1)C(=O)O. The highest BCUT2D eigenvalue weighted by molar-refractivity contribution is 7.98. The number of thiol groups is 1. The van der Waals surface area contributed by atoms with Crippen molar-refractivity contribution >= 4 is 54.1 Å². The van der Waals surface area contributed by atoms with Crippen LogP contribution in [0, 0.1) is 0 Å². The Morgan fingerprint density at radius 3 is 2.03 bits per heavy atom. The smallest absolute Gasteiger partial charge is 0.326 e. The van der Waals surface area contributed by atoms with Crippen molar-refractivity contribution in [3.8, 4) is 0 Å². The average molecular weight is 515 g/mol. The van der Waals surface area contributed by atoms with Crippen LogP contribution in [-0.4, -0.2) is 81.8 Å². The predicted molar refractivity (Wildman–Crippen MR) is 131 cm³/mol. The van der Waals surface area contributed by atoms with Gasteiger partial charge in [0.05, 0.1) is 12.5 Å². The zero-order chi connectivity index (χ0) is 25.7. The Morgan fingerprint density at radius 1 is 0.941 bits per heavy atom. The number of carboxylic acids is 2. The minimum absolute atomic E-state index is 0.0380. The molecule has 11 nitrogen and oxygen atoms in total. The first-order valence-electron chi connectivity index (χ1n) is 10.3. The van der Waals surface area contributed by atoms with Gasteiger partial charge in [-0.1, -0.05) is 30.3 Å². The lowest BCUT2D eigenvalue weighted by Crippen LogP contribution is -2.58. The first-order valence-corrected chi connectivity index (χ1v) is 12.4. The molecule has 0 saturated heterocycles. The van der Waals surface area contributed by atoms with Crippen LogP contribution >= 0.6 is 24.4 Å². The number of hydrogen-bond donors (Lipinski definition) is 7. The maximum atomic E-state index is 12.8. The van der Waals surface area contributed by atoms with E-state index in [1.807, 2.05) is 0 Å². The van der Waals surface area contributed by atoms with Crippen LogP contribution in [0.25, 0.3) is 0 Å². The highest BCUT2D eigenvalue weighted by Crippen LogP contribution is 2.06. The van der Waals surface area contributed by atoms with Crippen LogP contribution in [0.4, 0.5) is 0 Å². The molecule has 0 heterocycles. The summed E-state index contributed by atoms with van der Waals surface area (Å²) in [6, 6.07) is 3.62. The van der Waals surface area contributed by atoms with Gasteiger partial charge in [0.25, 0.3) is 0 Å². The molecule has 0 radical (unpaired) electrons. The van der Waals surface area contributed by atoms with Crippen LogP contribution in [0.1, 0.15) is 18.4 Å². The standard InChI is InChI=1S/C21H30N4O7S2/c1-34-8-7-14(23-18(28)13(22)11-33)19(29)24-15(10-17(26)27)20(30)25-16(21(31)32)9-12-5-3-2-4-6-12/h2-6,13-16,33H,7-11,22H2,1H3,(H,23,28)(H,24,29)(H,25,30)(H,26,27)(H,31,32). The number of amides is 3. The van der Waals surface area contributed by atoms with Crippen molar-refractivity contribution in [1.82, 2.24) is 16.0 Å². The van der Waals surface area contributed by atoms with Crippen molar-refractivity contribution in [3.63, 3.8) is 0 Å². The second-order valence-electron chi connectivity index (χ2n) is 7.38. The number of thioether (sulfide) groups is 1. The van der Waals surface area contributed by atoms with Crippen molar-refractivity contribution in [2.24, 2.45) is 5.73 Å². The molecular formula is C21H30N4O7S2. The van der Waals surface area contributed by atoms with Gasteiger partial charge < -0.3 is 31.9 Å². The minimum Gasteiger partial charge on any atom is -0.481 e. The molecule has 1 aromatic rings. The number of hydrogen-bond acceptors (Lipinski definition) is 8. The van der Waals surface area contributed by atoms with E-state index in [-0.39, 0.29) is 18.6 Å². The molecule has 4 unspecified atom stereocenters.